The highest BCUT2D eigenvalue weighted by Gasteiger charge is 2.25. The van der Waals surface area contributed by atoms with Crippen molar-refractivity contribution in [1.29, 1.82) is 0 Å². The molecule has 0 aliphatic carbocycles. The minimum Gasteiger partial charge on any atom is -0.379 e. The van der Waals surface area contributed by atoms with Gasteiger partial charge >= 0.3 is 0 Å². The average molecular weight is 383 g/mol. The molecule has 0 aromatic heterocycles. The number of anilines is 1. The van der Waals surface area contributed by atoms with E-state index in [0.717, 1.165) is 26.2 Å². The molecule has 2 aromatic rings. The molecule has 0 radical (unpaired) electrons. The topological polar surface area (TPSA) is 24.9 Å². The molecular formula is C24H34N2O2. The highest BCUT2D eigenvalue weighted by Crippen LogP contribution is 2.20. The molecule has 3 rings (SSSR count). The van der Waals surface area contributed by atoms with Gasteiger partial charge in [-0.15, -0.1) is 0 Å². The van der Waals surface area contributed by atoms with Gasteiger partial charge in [-0.3, -0.25) is 4.90 Å². The zero-order valence-corrected chi connectivity index (χ0v) is 17.3. The van der Waals surface area contributed by atoms with Gasteiger partial charge in [0.1, 0.15) is 0 Å². The molecule has 28 heavy (non-hydrogen) atoms. The maximum absolute atomic E-state index is 5.91. The van der Waals surface area contributed by atoms with Gasteiger partial charge < -0.3 is 14.4 Å². The summed E-state index contributed by atoms with van der Waals surface area (Å²) in [6.45, 7) is 7.71. The number of nitrogens with zero attached hydrogens (tertiary/aromatic N) is 2. The van der Waals surface area contributed by atoms with Crippen LogP contribution in [0.15, 0.2) is 60.7 Å². The van der Waals surface area contributed by atoms with E-state index < -0.39 is 0 Å². The van der Waals surface area contributed by atoms with Crippen molar-refractivity contribution >= 4 is 5.69 Å². The molecule has 4 nitrogen and oxygen atoms in total. The molecule has 1 saturated heterocycles. The van der Waals surface area contributed by atoms with Crippen LogP contribution in [-0.2, 0) is 16.0 Å². The van der Waals surface area contributed by atoms with Gasteiger partial charge in [0.15, 0.2) is 0 Å². The SMILES string of the molecule is COC(C)COCC1CCCN1CCN(Cc1ccccc1)c1ccccc1. The zero-order valence-electron chi connectivity index (χ0n) is 17.3. The second-order valence-electron chi connectivity index (χ2n) is 7.66. The van der Waals surface area contributed by atoms with Crippen molar-refractivity contribution in [2.45, 2.75) is 38.5 Å². The number of para-hydroxylation sites is 1. The highest BCUT2D eigenvalue weighted by molar-refractivity contribution is 5.46. The molecular weight excluding hydrogens is 348 g/mol. The Hall–Kier alpha value is -1.88. The van der Waals surface area contributed by atoms with Crippen LogP contribution in [0.4, 0.5) is 5.69 Å². The van der Waals surface area contributed by atoms with Crippen LogP contribution in [0.5, 0.6) is 0 Å². The summed E-state index contributed by atoms with van der Waals surface area (Å²) in [7, 11) is 1.74. The second-order valence-corrected chi connectivity index (χ2v) is 7.66. The lowest BCUT2D eigenvalue weighted by molar-refractivity contribution is 0.00119. The summed E-state index contributed by atoms with van der Waals surface area (Å²) in [6.07, 6.45) is 2.65. The molecule has 0 amide bonds. The maximum atomic E-state index is 5.91. The van der Waals surface area contributed by atoms with Gasteiger partial charge in [-0.25, -0.2) is 0 Å². The van der Waals surface area contributed by atoms with Crippen LogP contribution in [-0.4, -0.2) is 57.0 Å². The summed E-state index contributed by atoms with van der Waals surface area (Å²) in [5.41, 5.74) is 2.63. The first-order valence-corrected chi connectivity index (χ1v) is 10.4. The fourth-order valence-corrected chi connectivity index (χ4v) is 3.81. The Morgan fingerprint density at radius 2 is 1.79 bits per heavy atom. The van der Waals surface area contributed by atoms with Crippen LogP contribution in [0, 0.1) is 0 Å². The number of hydrogen-bond acceptors (Lipinski definition) is 4. The smallest absolute Gasteiger partial charge is 0.0776 e. The van der Waals surface area contributed by atoms with Crippen molar-refractivity contribution in [3.63, 3.8) is 0 Å². The Morgan fingerprint density at radius 3 is 2.50 bits per heavy atom. The lowest BCUT2D eigenvalue weighted by Gasteiger charge is -2.30. The third-order valence-electron chi connectivity index (χ3n) is 5.56. The Balaban J connectivity index is 1.56. The number of hydrogen-bond donors (Lipinski definition) is 0. The highest BCUT2D eigenvalue weighted by atomic mass is 16.5. The van der Waals surface area contributed by atoms with Crippen molar-refractivity contribution in [3.05, 3.63) is 66.2 Å². The molecule has 4 heteroatoms. The largest absolute Gasteiger partial charge is 0.379 e. The number of benzene rings is 2. The maximum Gasteiger partial charge on any atom is 0.0776 e. The minimum atomic E-state index is 0.161. The van der Waals surface area contributed by atoms with E-state index in [-0.39, 0.29) is 6.10 Å². The lowest BCUT2D eigenvalue weighted by Crippen LogP contribution is -2.40. The Morgan fingerprint density at radius 1 is 1.07 bits per heavy atom. The third-order valence-corrected chi connectivity index (χ3v) is 5.56. The lowest BCUT2D eigenvalue weighted by atomic mass is 10.2. The van der Waals surface area contributed by atoms with E-state index in [2.05, 4.69) is 70.5 Å². The second kappa shape index (κ2) is 11.2. The van der Waals surface area contributed by atoms with E-state index in [9.17, 15) is 0 Å². The van der Waals surface area contributed by atoms with Gasteiger partial charge in [-0.2, -0.15) is 0 Å². The van der Waals surface area contributed by atoms with Crippen molar-refractivity contribution < 1.29 is 9.47 Å². The number of likely N-dealkylation sites (tertiary alicyclic amines) is 1. The predicted molar refractivity (Wildman–Crippen MR) is 116 cm³/mol. The van der Waals surface area contributed by atoms with Gasteiger partial charge in [0.05, 0.1) is 19.3 Å². The molecule has 2 aromatic carbocycles. The van der Waals surface area contributed by atoms with E-state index in [1.165, 1.54) is 30.6 Å². The first kappa shape index (κ1) is 20.8. The van der Waals surface area contributed by atoms with Gasteiger partial charge in [0.25, 0.3) is 0 Å². The molecule has 1 aliphatic rings. The van der Waals surface area contributed by atoms with Gasteiger partial charge in [-0.05, 0) is 44.0 Å². The van der Waals surface area contributed by atoms with Crippen LogP contribution in [0.3, 0.4) is 0 Å². The van der Waals surface area contributed by atoms with Crippen molar-refractivity contribution in [1.82, 2.24) is 4.90 Å². The molecule has 2 unspecified atom stereocenters. The van der Waals surface area contributed by atoms with Gasteiger partial charge in [-0.1, -0.05) is 48.5 Å². The van der Waals surface area contributed by atoms with Gasteiger partial charge in [0, 0.05) is 38.5 Å². The first-order valence-electron chi connectivity index (χ1n) is 10.4. The number of ether oxygens (including phenoxy) is 2. The summed E-state index contributed by atoms with van der Waals surface area (Å²) in [4.78, 5) is 5.08. The Kier molecular flexibility index (Phi) is 8.34. The van der Waals surface area contributed by atoms with Crippen molar-refractivity contribution in [3.8, 4) is 0 Å². The summed E-state index contributed by atoms with van der Waals surface area (Å²) in [5.74, 6) is 0. The fourth-order valence-electron chi connectivity index (χ4n) is 3.81. The Bertz CT molecular complexity index is 665. The molecule has 0 bridgehead atoms. The van der Waals surface area contributed by atoms with E-state index >= 15 is 0 Å². The summed E-state index contributed by atoms with van der Waals surface area (Å²) < 4.78 is 11.2. The van der Waals surface area contributed by atoms with Crippen molar-refractivity contribution in [2.75, 3.05) is 44.9 Å². The molecule has 0 saturated carbocycles. The number of methoxy groups -OCH3 is 1. The quantitative estimate of drug-likeness (QED) is 0.581. The predicted octanol–water partition coefficient (Wildman–Crippen LogP) is 4.21. The van der Waals surface area contributed by atoms with Crippen LogP contribution >= 0.6 is 0 Å². The molecule has 1 heterocycles. The van der Waals surface area contributed by atoms with E-state index in [1.807, 2.05) is 6.92 Å². The summed E-state index contributed by atoms with van der Waals surface area (Å²) in [5, 5.41) is 0. The third kappa shape index (κ3) is 6.33. The van der Waals surface area contributed by atoms with Crippen LogP contribution in [0.1, 0.15) is 25.3 Å². The Labute approximate surface area is 170 Å². The van der Waals surface area contributed by atoms with E-state index in [1.54, 1.807) is 7.11 Å². The van der Waals surface area contributed by atoms with E-state index in [4.69, 9.17) is 9.47 Å². The summed E-state index contributed by atoms with van der Waals surface area (Å²) in [6, 6.07) is 22.0. The van der Waals surface area contributed by atoms with Crippen molar-refractivity contribution in [2.24, 2.45) is 0 Å². The van der Waals surface area contributed by atoms with Crippen LogP contribution in [0.2, 0.25) is 0 Å². The normalized spacial score (nSPS) is 18.3. The average Bonchev–Trinajstić information content (AvgIpc) is 3.19. The zero-order chi connectivity index (χ0) is 19.6. The van der Waals surface area contributed by atoms with Crippen LogP contribution < -0.4 is 4.90 Å². The van der Waals surface area contributed by atoms with Gasteiger partial charge in [0.2, 0.25) is 0 Å². The molecule has 1 aliphatic heterocycles. The number of rotatable bonds is 11. The molecule has 0 N–H and O–H groups in total. The molecule has 1 fully saturated rings. The van der Waals surface area contributed by atoms with Crippen LogP contribution in [0.25, 0.3) is 0 Å². The summed E-state index contributed by atoms with van der Waals surface area (Å²) >= 11 is 0. The monoisotopic (exact) mass is 382 g/mol. The minimum absolute atomic E-state index is 0.161. The molecule has 0 spiro atoms. The fraction of sp³-hybridized carbons (Fsp3) is 0.500. The van der Waals surface area contributed by atoms with E-state index in [0.29, 0.717) is 12.6 Å². The standard InChI is InChI=1S/C24H34N2O2/c1-21(27-2)19-28-20-24-14-9-15-25(24)16-17-26(23-12-7-4-8-13-23)18-22-10-5-3-6-11-22/h3-8,10-13,21,24H,9,14-20H2,1-2H3. The molecule has 2 atom stereocenters. The first-order chi connectivity index (χ1) is 13.8. The molecule has 152 valence electrons.